The van der Waals surface area contributed by atoms with Crippen molar-refractivity contribution in [3.8, 4) is 0 Å². The largest absolute Gasteiger partial charge is 0.417 e. The number of hydrogen-bond acceptors (Lipinski definition) is 6. The first-order chi connectivity index (χ1) is 14.6. The fourth-order valence-corrected chi connectivity index (χ4v) is 3.35. The van der Waals surface area contributed by atoms with Gasteiger partial charge in [0, 0.05) is 38.4 Å². The van der Waals surface area contributed by atoms with E-state index in [9.17, 15) is 13.2 Å². The molecule has 3 rings (SSSR count). The summed E-state index contributed by atoms with van der Waals surface area (Å²) < 4.78 is 38.6. The van der Waals surface area contributed by atoms with Gasteiger partial charge >= 0.3 is 6.18 Å². The highest BCUT2D eigenvalue weighted by atomic mass is 35.5. The van der Waals surface area contributed by atoms with Gasteiger partial charge < -0.3 is 26.6 Å². The van der Waals surface area contributed by atoms with Gasteiger partial charge in [-0.2, -0.15) is 28.1 Å². The van der Waals surface area contributed by atoms with Gasteiger partial charge in [-0.3, -0.25) is 0 Å². The second kappa shape index (κ2) is 9.56. The van der Waals surface area contributed by atoms with E-state index < -0.39 is 16.8 Å². The average molecular weight is 457 g/mol. The van der Waals surface area contributed by atoms with E-state index in [0.717, 1.165) is 38.1 Å². The van der Waals surface area contributed by atoms with Crippen molar-refractivity contribution in [1.82, 2.24) is 15.3 Å². The molecule has 2 aromatic rings. The van der Waals surface area contributed by atoms with Gasteiger partial charge in [-0.15, -0.1) is 0 Å². The molecule has 8 nitrogen and oxygen atoms in total. The van der Waals surface area contributed by atoms with Crippen LogP contribution in [0.1, 0.15) is 18.4 Å². The molecular formula is C19H24ClF3N8. The Morgan fingerprint density at radius 1 is 1.29 bits per heavy atom. The smallest absolute Gasteiger partial charge is 0.369 e. The van der Waals surface area contributed by atoms with Gasteiger partial charge in [0.1, 0.15) is 11.6 Å². The molecule has 2 heterocycles. The van der Waals surface area contributed by atoms with Gasteiger partial charge in [0.2, 0.25) is 5.96 Å². The zero-order valence-electron chi connectivity index (χ0n) is 17.1. The van der Waals surface area contributed by atoms with Crippen LogP contribution < -0.4 is 26.6 Å². The summed E-state index contributed by atoms with van der Waals surface area (Å²) in [5.41, 5.74) is 5.25. The molecule has 1 aliphatic heterocycles. The summed E-state index contributed by atoms with van der Waals surface area (Å²) in [7, 11) is 3.68. The van der Waals surface area contributed by atoms with Gasteiger partial charge in [-0.1, -0.05) is 11.6 Å². The summed E-state index contributed by atoms with van der Waals surface area (Å²) in [6.07, 6.45) is -2.45. The second-order valence-electron chi connectivity index (χ2n) is 7.31. The first-order valence-corrected chi connectivity index (χ1v) is 10.0. The first kappa shape index (κ1) is 22.9. The molecule has 1 unspecified atom stereocenters. The predicted molar refractivity (Wildman–Crippen MR) is 117 cm³/mol. The number of guanidine groups is 1. The molecule has 1 aliphatic rings. The molecule has 1 atom stereocenters. The monoisotopic (exact) mass is 456 g/mol. The fourth-order valence-electron chi connectivity index (χ4n) is 3.07. The quantitative estimate of drug-likeness (QED) is 0.403. The summed E-state index contributed by atoms with van der Waals surface area (Å²) in [5.74, 6) is 1.26. The minimum atomic E-state index is -4.53. The third-order valence-electron chi connectivity index (χ3n) is 4.58. The van der Waals surface area contributed by atoms with E-state index >= 15 is 0 Å². The van der Waals surface area contributed by atoms with Crippen LogP contribution >= 0.6 is 11.6 Å². The molecule has 1 fully saturated rings. The number of nitrogens with one attached hydrogen (secondary N) is 3. The number of aliphatic imine (C=N–C) groups is 1. The summed E-state index contributed by atoms with van der Waals surface area (Å²) in [5, 5.41) is 8.97. The maximum Gasteiger partial charge on any atom is 0.417 e. The lowest BCUT2D eigenvalue weighted by molar-refractivity contribution is -0.137. The predicted octanol–water partition coefficient (Wildman–Crippen LogP) is 3.44. The van der Waals surface area contributed by atoms with Gasteiger partial charge in [0.05, 0.1) is 10.6 Å². The third-order valence-corrected chi connectivity index (χ3v) is 4.89. The highest BCUT2D eigenvalue weighted by molar-refractivity contribution is 6.31. The molecule has 1 aromatic carbocycles. The lowest BCUT2D eigenvalue weighted by Crippen LogP contribution is -2.38. The van der Waals surface area contributed by atoms with E-state index in [1.165, 1.54) is 6.07 Å². The van der Waals surface area contributed by atoms with Crippen molar-refractivity contribution in [3.63, 3.8) is 0 Å². The molecule has 0 radical (unpaired) electrons. The van der Waals surface area contributed by atoms with Gasteiger partial charge in [-0.05, 0) is 37.6 Å². The Labute approximate surface area is 183 Å². The molecule has 0 spiro atoms. The molecule has 5 N–H and O–H groups in total. The first-order valence-electron chi connectivity index (χ1n) is 9.63. The third kappa shape index (κ3) is 6.34. The van der Waals surface area contributed by atoms with Crippen molar-refractivity contribution >= 4 is 40.8 Å². The van der Waals surface area contributed by atoms with Crippen LogP contribution in [0.5, 0.6) is 0 Å². The number of rotatable bonds is 5. The molecule has 0 aliphatic carbocycles. The molecule has 1 aromatic heterocycles. The van der Waals surface area contributed by atoms with Gasteiger partial charge in [-0.25, -0.2) is 0 Å². The van der Waals surface area contributed by atoms with Crippen molar-refractivity contribution in [2.75, 3.05) is 42.7 Å². The number of hydrogen-bond donors (Lipinski definition) is 4. The van der Waals surface area contributed by atoms with Crippen molar-refractivity contribution in [2.24, 2.45) is 10.7 Å². The number of aromatic nitrogens is 2. The van der Waals surface area contributed by atoms with Crippen molar-refractivity contribution in [2.45, 2.75) is 25.1 Å². The van der Waals surface area contributed by atoms with Crippen molar-refractivity contribution < 1.29 is 13.2 Å². The number of piperidine rings is 1. The van der Waals surface area contributed by atoms with Crippen LogP contribution in [0.25, 0.3) is 0 Å². The van der Waals surface area contributed by atoms with E-state index in [-0.39, 0.29) is 23.6 Å². The van der Waals surface area contributed by atoms with E-state index in [4.69, 9.17) is 17.3 Å². The van der Waals surface area contributed by atoms with E-state index in [0.29, 0.717) is 11.6 Å². The summed E-state index contributed by atoms with van der Waals surface area (Å²) in [4.78, 5) is 14.7. The van der Waals surface area contributed by atoms with E-state index in [2.05, 4.69) is 30.9 Å². The molecule has 0 saturated carbocycles. The Balaban J connectivity index is 1.80. The fraction of sp³-hybridized carbons (Fsp3) is 0.421. The molecular weight excluding hydrogens is 433 g/mol. The lowest BCUT2D eigenvalue weighted by Gasteiger charge is -2.24. The Morgan fingerprint density at radius 2 is 2.06 bits per heavy atom. The van der Waals surface area contributed by atoms with Gasteiger partial charge in [0.15, 0.2) is 0 Å². The highest BCUT2D eigenvalue weighted by Gasteiger charge is 2.33. The number of halogens is 4. The van der Waals surface area contributed by atoms with Crippen LogP contribution in [0, 0.1) is 0 Å². The van der Waals surface area contributed by atoms with Crippen LogP contribution in [0.3, 0.4) is 0 Å². The zero-order chi connectivity index (χ0) is 22.6. The number of benzene rings is 1. The SMILES string of the molecule is CN(C)c1cc(NC2CCCNC2)nc(N=C(N)Nc2ccc(C(F)(F)F)c(Cl)c2)n1. The lowest BCUT2D eigenvalue weighted by atomic mass is 10.1. The average Bonchev–Trinajstić information content (AvgIpc) is 2.67. The summed E-state index contributed by atoms with van der Waals surface area (Å²) >= 11 is 5.74. The topological polar surface area (TPSA) is 103 Å². The number of nitrogens with two attached hydrogens (primary N) is 1. The second-order valence-corrected chi connectivity index (χ2v) is 7.72. The molecule has 31 heavy (non-hydrogen) atoms. The van der Waals surface area contributed by atoms with Crippen molar-refractivity contribution in [3.05, 3.63) is 34.9 Å². The minimum Gasteiger partial charge on any atom is -0.369 e. The standard InChI is InChI=1S/C19H24ClF3N8/c1-31(2)16-9-15(26-12-4-3-7-25-10-12)28-18(29-16)30-17(24)27-11-5-6-13(14(20)8-11)19(21,22)23/h5-6,8-9,12,25H,3-4,7,10H2,1-2H3,(H4,24,26,27,28,29,30). The van der Waals surface area contributed by atoms with E-state index in [1.54, 1.807) is 0 Å². The molecule has 0 bridgehead atoms. The van der Waals surface area contributed by atoms with Crippen LogP contribution in [-0.2, 0) is 6.18 Å². The van der Waals surface area contributed by atoms with Crippen LogP contribution in [0.4, 0.5) is 36.4 Å². The Bertz CT molecular complexity index is 942. The van der Waals surface area contributed by atoms with Crippen LogP contribution in [-0.4, -0.2) is 49.2 Å². The number of alkyl halides is 3. The molecule has 0 amide bonds. The van der Waals surface area contributed by atoms with Crippen LogP contribution in [0.15, 0.2) is 29.3 Å². The van der Waals surface area contributed by atoms with Crippen LogP contribution in [0.2, 0.25) is 5.02 Å². The molecule has 1 saturated heterocycles. The number of anilines is 3. The highest BCUT2D eigenvalue weighted by Crippen LogP contribution is 2.35. The number of nitrogens with zero attached hydrogens (tertiary/aromatic N) is 4. The Morgan fingerprint density at radius 3 is 2.68 bits per heavy atom. The molecule has 12 heteroatoms. The zero-order valence-corrected chi connectivity index (χ0v) is 17.8. The summed E-state index contributed by atoms with van der Waals surface area (Å²) in [6.45, 7) is 1.83. The van der Waals surface area contributed by atoms with Gasteiger partial charge in [0.25, 0.3) is 5.95 Å². The maximum atomic E-state index is 12.9. The Kier molecular flexibility index (Phi) is 7.06. The minimum absolute atomic E-state index is 0.0861. The summed E-state index contributed by atoms with van der Waals surface area (Å²) in [6, 6.07) is 5.28. The Hall–Kier alpha value is -2.79. The van der Waals surface area contributed by atoms with E-state index in [1.807, 2.05) is 25.1 Å². The normalized spacial score (nSPS) is 17.4. The van der Waals surface area contributed by atoms with Crippen molar-refractivity contribution in [1.29, 1.82) is 0 Å². The maximum absolute atomic E-state index is 12.9. The molecule has 168 valence electrons.